The zero-order chi connectivity index (χ0) is 25.1. The lowest BCUT2D eigenvalue weighted by Gasteiger charge is -2.22. The van der Waals surface area contributed by atoms with Gasteiger partial charge in [0.15, 0.2) is 0 Å². The van der Waals surface area contributed by atoms with Crippen molar-refractivity contribution in [2.75, 3.05) is 18.6 Å². The number of alkyl halides is 2. The van der Waals surface area contributed by atoms with E-state index in [0.29, 0.717) is 37.1 Å². The highest BCUT2D eigenvalue weighted by molar-refractivity contribution is 5.99. The molecular weight excluding hydrogens is 458 g/mol. The fourth-order valence-corrected chi connectivity index (χ4v) is 4.57. The standard InChI is InChI=1S/C26H30F2N2O5/c1-15(2)16-4-5-18(23(13-16)35-26(27)28)14-34-19-6-9-22-17(12-19)10-11-30(22)24(31)20-7-8-21(29-20)25(32)33-3/h4-6,9,12-13,15,20-21,26,29H,7-8,10-11,14H2,1-3H3/t20-,21-/m0/s1. The van der Waals surface area contributed by atoms with Gasteiger partial charge in [-0.2, -0.15) is 8.78 Å². The fourth-order valence-electron chi connectivity index (χ4n) is 4.57. The Morgan fingerprint density at radius 2 is 1.89 bits per heavy atom. The molecule has 0 saturated carbocycles. The zero-order valence-electron chi connectivity index (χ0n) is 20.1. The predicted molar refractivity (Wildman–Crippen MR) is 126 cm³/mol. The molecule has 2 aliphatic rings. The largest absolute Gasteiger partial charge is 0.489 e. The van der Waals surface area contributed by atoms with Crippen LogP contribution in [-0.4, -0.2) is 44.2 Å². The molecule has 2 aromatic rings. The van der Waals surface area contributed by atoms with Gasteiger partial charge >= 0.3 is 12.6 Å². The van der Waals surface area contributed by atoms with E-state index in [-0.39, 0.29) is 30.2 Å². The van der Waals surface area contributed by atoms with E-state index in [1.165, 1.54) is 7.11 Å². The topological polar surface area (TPSA) is 77.1 Å². The van der Waals surface area contributed by atoms with Crippen LogP contribution in [0.3, 0.4) is 0 Å². The van der Waals surface area contributed by atoms with Crippen LogP contribution in [0, 0.1) is 0 Å². The van der Waals surface area contributed by atoms with Gasteiger partial charge in [-0.15, -0.1) is 0 Å². The molecule has 35 heavy (non-hydrogen) atoms. The van der Waals surface area contributed by atoms with Gasteiger partial charge in [0.25, 0.3) is 0 Å². The van der Waals surface area contributed by atoms with Gasteiger partial charge in [-0.3, -0.25) is 14.9 Å². The van der Waals surface area contributed by atoms with Crippen molar-refractivity contribution in [3.05, 3.63) is 53.1 Å². The normalized spacial score (nSPS) is 19.2. The molecule has 2 heterocycles. The molecule has 7 nitrogen and oxygen atoms in total. The van der Waals surface area contributed by atoms with Crippen molar-refractivity contribution in [2.45, 2.75) is 64.3 Å². The Balaban J connectivity index is 1.42. The van der Waals surface area contributed by atoms with Gasteiger partial charge in [-0.1, -0.05) is 26.0 Å². The average Bonchev–Trinajstić information content (AvgIpc) is 3.49. The molecule has 0 unspecified atom stereocenters. The Hall–Kier alpha value is -3.20. The average molecular weight is 489 g/mol. The minimum Gasteiger partial charge on any atom is -0.489 e. The van der Waals surface area contributed by atoms with Crippen LogP contribution in [0.5, 0.6) is 11.5 Å². The number of halogens is 2. The first-order valence-electron chi connectivity index (χ1n) is 11.8. The third-order valence-electron chi connectivity index (χ3n) is 6.51. The fraction of sp³-hybridized carbons (Fsp3) is 0.462. The number of nitrogens with one attached hydrogen (secondary N) is 1. The number of hydrogen-bond donors (Lipinski definition) is 1. The monoisotopic (exact) mass is 488 g/mol. The van der Waals surface area contributed by atoms with Crippen LogP contribution in [0.2, 0.25) is 0 Å². The van der Waals surface area contributed by atoms with Gasteiger partial charge in [0.05, 0.1) is 13.2 Å². The minimum absolute atomic E-state index is 0.0668. The predicted octanol–water partition coefficient (Wildman–Crippen LogP) is 4.17. The molecule has 0 aromatic heterocycles. The first-order chi connectivity index (χ1) is 16.8. The van der Waals surface area contributed by atoms with E-state index < -0.39 is 18.7 Å². The maximum atomic E-state index is 13.1. The van der Waals surface area contributed by atoms with Crippen LogP contribution in [-0.2, 0) is 27.4 Å². The molecular formula is C26H30F2N2O5. The van der Waals surface area contributed by atoms with E-state index in [0.717, 1.165) is 16.8 Å². The van der Waals surface area contributed by atoms with E-state index in [1.54, 1.807) is 23.1 Å². The number of anilines is 1. The highest BCUT2D eigenvalue weighted by atomic mass is 19.3. The summed E-state index contributed by atoms with van der Waals surface area (Å²) in [6.45, 7) is 1.66. The first-order valence-corrected chi connectivity index (χ1v) is 11.8. The minimum atomic E-state index is -2.92. The van der Waals surface area contributed by atoms with Crippen molar-refractivity contribution in [1.29, 1.82) is 0 Å². The third-order valence-corrected chi connectivity index (χ3v) is 6.51. The lowest BCUT2D eigenvalue weighted by Crippen LogP contribution is -2.46. The van der Waals surface area contributed by atoms with Gasteiger partial charge < -0.3 is 19.1 Å². The van der Waals surface area contributed by atoms with Crippen LogP contribution < -0.4 is 19.7 Å². The van der Waals surface area contributed by atoms with E-state index >= 15 is 0 Å². The number of rotatable bonds is 8. The first kappa shape index (κ1) is 24.9. The van der Waals surface area contributed by atoms with Crippen molar-refractivity contribution < 1.29 is 32.6 Å². The van der Waals surface area contributed by atoms with E-state index in [1.807, 2.05) is 32.0 Å². The number of methoxy groups -OCH3 is 1. The molecule has 2 aliphatic heterocycles. The SMILES string of the molecule is COC(=O)[C@@H]1CC[C@@H](C(=O)N2CCc3cc(OCc4ccc(C(C)C)cc4OC(F)F)ccc32)N1. The number of benzene rings is 2. The Labute approximate surface area is 203 Å². The molecule has 0 spiro atoms. The number of amides is 1. The highest BCUT2D eigenvalue weighted by Gasteiger charge is 2.37. The molecule has 188 valence electrons. The second kappa shape index (κ2) is 10.6. The van der Waals surface area contributed by atoms with Gasteiger partial charge in [0.1, 0.15) is 24.1 Å². The lowest BCUT2D eigenvalue weighted by molar-refractivity contribution is -0.142. The summed E-state index contributed by atoms with van der Waals surface area (Å²) in [5, 5.41) is 3.07. The van der Waals surface area contributed by atoms with Crippen molar-refractivity contribution in [2.24, 2.45) is 0 Å². The summed E-state index contributed by atoms with van der Waals surface area (Å²) in [5.74, 6) is 0.447. The van der Waals surface area contributed by atoms with Crippen LogP contribution >= 0.6 is 0 Å². The summed E-state index contributed by atoms with van der Waals surface area (Å²) in [6.07, 6.45) is 1.81. The third kappa shape index (κ3) is 5.56. The van der Waals surface area contributed by atoms with E-state index in [4.69, 9.17) is 14.2 Å². The highest BCUT2D eigenvalue weighted by Crippen LogP contribution is 2.34. The molecule has 2 atom stereocenters. The summed E-state index contributed by atoms with van der Waals surface area (Å²) in [7, 11) is 1.34. The molecule has 0 bridgehead atoms. The molecule has 1 fully saturated rings. The van der Waals surface area contributed by atoms with Crippen molar-refractivity contribution in [3.8, 4) is 11.5 Å². The summed E-state index contributed by atoms with van der Waals surface area (Å²) in [5.41, 5.74) is 3.21. The number of fused-ring (bicyclic) bond motifs is 1. The number of carbonyl (C=O) groups is 2. The molecule has 2 aromatic carbocycles. The Morgan fingerprint density at radius 3 is 2.60 bits per heavy atom. The van der Waals surface area contributed by atoms with Crippen LogP contribution in [0.25, 0.3) is 0 Å². The molecule has 1 amide bonds. The number of esters is 1. The van der Waals surface area contributed by atoms with Crippen molar-refractivity contribution in [1.82, 2.24) is 5.32 Å². The summed E-state index contributed by atoms with van der Waals surface area (Å²) in [4.78, 5) is 26.6. The smallest absolute Gasteiger partial charge is 0.387 e. The number of nitrogens with zero attached hydrogens (tertiary/aromatic N) is 1. The maximum Gasteiger partial charge on any atom is 0.387 e. The Bertz CT molecular complexity index is 1090. The van der Waals surface area contributed by atoms with Crippen LogP contribution in [0.15, 0.2) is 36.4 Å². The molecule has 0 aliphatic carbocycles. The Morgan fingerprint density at radius 1 is 1.11 bits per heavy atom. The number of carbonyl (C=O) groups excluding carboxylic acids is 2. The lowest BCUT2D eigenvalue weighted by atomic mass is 10.0. The van der Waals surface area contributed by atoms with E-state index in [2.05, 4.69) is 5.32 Å². The molecule has 0 radical (unpaired) electrons. The van der Waals surface area contributed by atoms with Gasteiger partial charge in [0.2, 0.25) is 5.91 Å². The van der Waals surface area contributed by atoms with E-state index in [9.17, 15) is 18.4 Å². The summed E-state index contributed by atoms with van der Waals surface area (Å²) < 4.78 is 41.2. The number of hydrogen-bond acceptors (Lipinski definition) is 6. The quantitative estimate of drug-likeness (QED) is 0.562. The summed E-state index contributed by atoms with van der Waals surface area (Å²) in [6, 6.07) is 9.85. The van der Waals surface area contributed by atoms with Crippen LogP contribution in [0.4, 0.5) is 14.5 Å². The molecule has 1 saturated heterocycles. The van der Waals surface area contributed by atoms with Gasteiger partial charge in [-0.25, -0.2) is 0 Å². The van der Waals surface area contributed by atoms with Crippen molar-refractivity contribution in [3.63, 3.8) is 0 Å². The Kier molecular flexibility index (Phi) is 7.54. The molecule has 9 heteroatoms. The second-order valence-electron chi connectivity index (χ2n) is 9.09. The van der Waals surface area contributed by atoms with Gasteiger partial charge in [-0.05, 0) is 60.6 Å². The summed E-state index contributed by atoms with van der Waals surface area (Å²) >= 11 is 0. The second-order valence-corrected chi connectivity index (χ2v) is 9.09. The zero-order valence-corrected chi connectivity index (χ0v) is 20.1. The maximum absolute atomic E-state index is 13.1. The number of ether oxygens (including phenoxy) is 3. The van der Waals surface area contributed by atoms with Crippen molar-refractivity contribution >= 4 is 17.6 Å². The van der Waals surface area contributed by atoms with Crippen LogP contribution in [0.1, 0.15) is 49.3 Å². The molecule has 1 N–H and O–H groups in total. The van der Waals surface area contributed by atoms with Gasteiger partial charge in [0, 0.05) is 17.8 Å². The molecule has 4 rings (SSSR count).